The van der Waals surface area contributed by atoms with Crippen LogP contribution in [0.1, 0.15) is 22.3 Å². The number of aryl methyl sites for hydroxylation is 1. The van der Waals surface area contributed by atoms with Crippen molar-refractivity contribution in [3.63, 3.8) is 0 Å². The van der Waals surface area contributed by atoms with E-state index in [2.05, 4.69) is 20.4 Å². The first-order chi connectivity index (χ1) is 13.9. The average Bonchev–Trinajstić information content (AvgIpc) is 3.08. The topological polar surface area (TPSA) is 109 Å². The van der Waals surface area contributed by atoms with Crippen LogP contribution in [0.5, 0.6) is 0 Å². The lowest BCUT2D eigenvalue weighted by Crippen LogP contribution is -2.26. The van der Waals surface area contributed by atoms with Crippen molar-refractivity contribution in [1.82, 2.24) is 20.2 Å². The van der Waals surface area contributed by atoms with E-state index in [0.29, 0.717) is 16.9 Å². The van der Waals surface area contributed by atoms with Crippen molar-refractivity contribution < 1.29 is 14.3 Å². The summed E-state index contributed by atoms with van der Waals surface area (Å²) in [7, 11) is 4.95. The number of ether oxygens (including phenoxy) is 1. The molecule has 0 radical (unpaired) electrons. The number of hydrogen-bond donors (Lipinski definition) is 3. The van der Waals surface area contributed by atoms with Crippen molar-refractivity contribution in [2.24, 2.45) is 7.05 Å². The number of aromatic nitrogens is 2. The number of esters is 1. The molecule has 0 spiro atoms. The Kier molecular flexibility index (Phi) is 5.92. The normalized spacial score (nSPS) is 10.6. The van der Waals surface area contributed by atoms with Gasteiger partial charge >= 0.3 is 5.97 Å². The van der Waals surface area contributed by atoms with Crippen molar-refractivity contribution in [2.45, 2.75) is 6.42 Å². The summed E-state index contributed by atoms with van der Waals surface area (Å²) in [5, 5.41) is 13.4. The van der Waals surface area contributed by atoms with Crippen molar-refractivity contribution in [3.8, 4) is 11.4 Å². The Morgan fingerprint density at radius 3 is 2.48 bits per heavy atom. The monoisotopic (exact) mass is 393 g/mol. The lowest BCUT2D eigenvalue weighted by atomic mass is 10.1. The van der Waals surface area contributed by atoms with Gasteiger partial charge in [0.1, 0.15) is 11.7 Å². The molecule has 0 unspecified atom stereocenters. The molecule has 0 aliphatic heterocycles. The third kappa shape index (κ3) is 4.26. The van der Waals surface area contributed by atoms with Gasteiger partial charge in [0, 0.05) is 37.3 Å². The van der Waals surface area contributed by atoms with Crippen molar-refractivity contribution in [2.75, 3.05) is 20.7 Å². The summed E-state index contributed by atoms with van der Waals surface area (Å²) in [6, 6.07) is 12.9. The van der Waals surface area contributed by atoms with Gasteiger partial charge in [0.05, 0.1) is 24.6 Å². The molecule has 0 bridgehead atoms. The Bertz CT molecular complexity index is 1070. The first-order valence-electron chi connectivity index (χ1n) is 9.13. The predicted molar refractivity (Wildman–Crippen MR) is 111 cm³/mol. The molecule has 0 aliphatic rings. The Morgan fingerprint density at radius 1 is 1.14 bits per heavy atom. The van der Waals surface area contributed by atoms with E-state index in [1.54, 1.807) is 19.2 Å². The summed E-state index contributed by atoms with van der Waals surface area (Å²) in [5.41, 5.74) is 3.79. The molecule has 0 fully saturated rings. The maximum atomic E-state index is 12.3. The van der Waals surface area contributed by atoms with E-state index < -0.39 is 0 Å². The van der Waals surface area contributed by atoms with Crippen LogP contribution in [0.15, 0.2) is 42.5 Å². The highest BCUT2D eigenvalue weighted by Gasteiger charge is 2.13. The van der Waals surface area contributed by atoms with Crippen LogP contribution < -0.4 is 10.6 Å². The van der Waals surface area contributed by atoms with Crippen molar-refractivity contribution in [3.05, 3.63) is 53.6 Å². The zero-order valence-corrected chi connectivity index (χ0v) is 16.6. The number of rotatable bonds is 6. The van der Waals surface area contributed by atoms with Crippen LogP contribution in [0, 0.1) is 5.41 Å². The lowest BCUT2D eigenvalue weighted by molar-refractivity contribution is -0.140. The number of amides is 1. The summed E-state index contributed by atoms with van der Waals surface area (Å²) < 4.78 is 6.53. The molecule has 0 aliphatic carbocycles. The molecule has 0 atom stereocenters. The number of hydrogen-bond acceptors (Lipinski definition) is 5. The molecule has 2 aromatic carbocycles. The number of benzene rings is 2. The van der Waals surface area contributed by atoms with Gasteiger partial charge in [0.15, 0.2) is 0 Å². The number of fused-ring (bicyclic) bond motifs is 1. The maximum Gasteiger partial charge on any atom is 0.307 e. The SMILES string of the molecule is CNC(=N)c1ccc(-c2nc3cc(C(=O)NCCC(=O)OC)ccc3n2C)cc1. The number of methoxy groups -OCH3 is 1. The second kappa shape index (κ2) is 8.55. The fourth-order valence-corrected chi connectivity index (χ4v) is 3.01. The first kappa shape index (κ1) is 20.1. The van der Waals surface area contributed by atoms with E-state index in [-0.39, 0.29) is 24.8 Å². The smallest absolute Gasteiger partial charge is 0.307 e. The Labute approximate surface area is 168 Å². The van der Waals surface area contributed by atoms with Gasteiger partial charge in [-0.2, -0.15) is 0 Å². The van der Waals surface area contributed by atoms with Crippen LogP contribution in [-0.2, 0) is 16.6 Å². The van der Waals surface area contributed by atoms with Crippen LogP contribution >= 0.6 is 0 Å². The minimum absolute atomic E-state index is 0.124. The molecule has 1 heterocycles. The molecule has 3 N–H and O–H groups in total. The number of carbonyl (C=O) groups excluding carboxylic acids is 2. The Hall–Kier alpha value is -3.68. The standard InChI is InChI=1S/C21H23N5O3/c1-23-19(22)13-4-6-14(7-5-13)20-25-16-12-15(8-9-17(16)26(20)2)21(28)24-11-10-18(27)29-3/h4-9,12H,10-11H2,1-3H3,(H2,22,23)(H,24,28). The van der Waals surface area contributed by atoms with Gasteiger partial charge in [-0.25, -0.2) is 4.98 Å². The quantitative estimate of drug-likeness (QED) is 0.337. The molecule has 150 valence electrons. The van der Waals surface area contributed by atoms with E-state index in [1.807, 2.05) is 41.9 Å². The first-order valence-corrected chi connectivity index (χ1v) is 9.13. The third-order valence-electron chi connectivity index (χ3n) is 4.67. The van der Waals surface area contributed by atoms with E-state index >= 15 is 0 Å². The third-order valence-corrected chi connectivity index (χ3v) is 4.67. The van der Waals surface area contributed by atoms with Gasteiger partial charge in [-0.15, -0.1) is 0 Å². The molecule has 3 rings (SSSR count). The van der Waals surface area contributed by atoms with Crippen LogP contribution in [0.25, 0.3) is 22.4 Å². The zero-order valence-electron chi connectivity index (χ0n) is 16.6. The second-order valence-corrected chi connectivity index (χ2v) is 6.48. The summed E-state index contributed by atoms with van der Waals surface area (Å²) in [5.74, 6) is 0.485. The molecule has 1 aromatic heterocycles. The summed E-state index contributed by atoms with van der Waals surface area (Å²) >= 11 is 0. The summed E-state index contributed by atoms with van der Waals surface area (Å²) in [4.78, 5) is 28.2. The summed E-state index contributed by atoms with van der Waals surface area (Å²) in [6.07, 6.45) is 0.124. The number of imidazole rings is 1. The van der Waals surface area contributed by atoms with E-state index in [9.17, 15) is 9.59 Å². The molecule has 8 heteroatoms. The molecular weight excluding hydrogens is 370 g/mol. The lowest BCUT2D eigenvalue weighted by Gasteiger charge is -2.06. The van der Waals surface area contributed by atoms with E-state index in [0.717, 1.165) is 22.5 Å². The zero-order chi connectivity index (χ0) is 21.0. The van der Waals surface area contributed by atoms with E-state index in [1.165, 1.54) is 7.11 Å². The average molecular weight is 393 g/mol. The molecule has 0 saturated heterocycles. The van der Waals surface area contributed by atoms with Crippen LogP contribution in [0.4, 0.5) is 0 Å². The number of amidine groups is 1. The highest BCUT2D eigenvalue weighted by molar-refractivity contribution is 5.98. The largest absolute Gasteiger partial charge is 0.469 e. The molecule has 1 amide bonds. The van der Waals surface area contributed by atoms with Gasteiger partial charge in [0.25, 0.3) is 5.91 Å². The minimum Gasteiger partial charge on any atom is -0.469 e. The van der Waals surface area contributed by atoms with Gasteiger partial charge in [0.2, 0.25) is 0 Å². The van der Waals surface area contributed by atoms with Crippen molar-refractivity contribution in [1.29, 1.82) is 5.41 Å². The fourth-order valence-electron chi connectivity index (χ4n) is 3.01. The molecule has 29 heavy (non-hydrogen) atoms. The highest BCUT2D eigenvalue weighted by Crippen LogP contribution is 2.24. The number of nitrogens with one attached hydrogen (secondary N) is 3. The Morgan fingerprint density at radius 2 is 1.83 bits per heavy atom. The van der Waals surface area contributed by atoms with Gasteiger partial charge in [-0.3, -0.25) is 15.0 Å². The maximum absolute atomic E-state index is 12.3. The minimum atomic E-state index is -0.369. The predicted octanol–water partition coefficient (Wildman–Crippen LogP) is 2.08. The van der Waals surface area contributed by atoms with Gasteiger partial charge in [-0.05, 0) is 18.2 Å². The molecule has 0 saturated carbocycles. The van der Waals surface area contributed by atoms with Gasteiger partial charge < -0.3 is 19.9 Å². The van der Waals surface area contributed by atoms with Crippen molar-refractivity contribution >= 4 is 28.7 Å². The summed E-state index contributed by atoms with van der Waals surface area (Å²) in [6.45, 7) is 0.213. The van der Waals surface area contributed by atoms with Crippen LogP contribution in [0.2, 0.25) is 0 Å². The molecule has 3 aromatic rings. The molecule has 8 nitrogen and oxygen atoms in total. The number of carbonyl (C=O) groups is 2. The fraction of sp³-hybridized carbons (Fsp3) is 0.238. The van der Waals surface area contributed by atoms with E-state index in [4.69, 9.17) is 5.41 Å². The second-order valence-electron chi connectivity index (χ2n) is 6.48. The highest BCUT2D eigenvalue weighted by atomic mass is 16.5. The number of nitrogens with zero attached hydrogens (tertiary/aromatic N) is 2. The van der Waals surface area contributed by atoms with Crippen LogP contribution in [-0.4, -0.2) is 48.0 Å². The molecular formula is C21H23N5O3. The van der Waals surface area contributed by atoms with Gasteiger partial charge in [-0.1, -0.05) is 24.3 Å². The van der Waals surface area contributed by atoms with Crippen LogP contribution in [0.3, 0.4) is 0 Å². The Balaban J connectivity index is 1.83.